The van der Waals surface area contributed by atoms with Crippen LogP contribution in [0.4, 0.5) is 11.9 Å². The summed E-state index contributed by atoms with van der Waals surface area (Å²) >= 11 is 12.6. The van der Waals surface area contributed by atoms with Crippen LogP contribution in [-0.4, -0.2) is 20.7 Å². The first kappa shape index (κ1) is 21.2. The fourth-order valence-electron chi connectivity index (χ4n) is 3.74. The largest absolute Gasteiger partial charge is 0.324 e. The van der Waals surface area contributed by atoms with Crippen molar-refractivity contribution < 1.29 is 4.79 Å². The SMILES string of the molecule is Cc1cccc(C(=O)Nc2nc3n(n2)[C@H](c2ccccc2Cl)C=C(c2ccc(Cl)cc2)N3)c1. The number of allylic oxidation sites excluding steroid dienone is 1. The number of fused-ring (bicyclic) bond motifs is 1. The van der Waals surface area contributed by atoms with Crippen molar-refractivity contribution in [2.45, 2.75) is 13.0 Å². The van der Waals surface area contributed by atoms with Gasteiger partial charge < -0.3 is 5.32 Å². The Kier molecular flexibility index (Phi) is 5.62. The molecule has 0 radical (unpaired) electrons. The minimum absolute atomic E-state index is 0.201. The Morgan fingerprint density at radius 1 is 1.03 bits per heavy atom. The lowest BCUT2D eigenvalue weighted by Gasteiger charge is -2.24. The molecule has 8 heteroatoms. The van der Waals surface area contributed by atoms with E-state index < -0.39 is 0 Å². The predicted octanol–water partition coefficient (Wildman–Crippen LogP) is 6.20. The first-order valence-corrected chi connectivity index (χ1v) is 11.1. The number of nitrogens with zero attached hydrogens (tertiary/aromatic N) is 3. The number of anilines is 2. The number of carbonyl (C=O) groups excluding carboxylic acids is 1. The van der Waals surface area contributed by atoms with Crippen molar-refractivity contribution in [1.82, 2.24) is 14.8 Å². The van der Waals surface area contributed by atoms with Gasteiger partial charge in [0.2, 0.25) is 5.95 Å². The van der Waals surface area contributed by atoms with Gasteiger partial charge in [-0.1, -0.05) is 71.2 Å². The van der Waals surface area contributed by atoms with E-state index in [0.29, 0.717) is 21.6 Å². The first-order chi connectivity index (χ1) is 16.0. The van der Waals surface area contributed by atoms with Crippen LogP contribution < -0.4 is 10.6 Å². The Balaban J connectivity index is 1.53. The Morgan fingerprint density at radius 3 is 2.58 bits per heavy atom. The summed E-state index contributed by atoms with van der Waals surface area (Å²) in [6.07, 6.45) is 2.03. The molecular formula is C25H19Cl2N5O. The second-order valence-corrected chi connectivity index (χ2v) is 8.55. The number of halogens is 2. The van der Waals surface area contributed by atoms with Crippen molar-refractivity contribution >= 4 is 46.7 Å². The molecule has 0 saturated carbocycles. The topological polar surface area (TPSA) is 71.8 Å². The Morgan fingerprint density at radius 2 is 1.82 bits per heavy atom. The average Bonchev–Trinajstić information content (AvgIpc) is 3.21. The minimum atomic E-state index is -0.322. The Bertz CT molecular complexity index is 1380. The van der Waals surface area contributed by atoms with Crippen LogP contribution in [0.2, 0.25) is 10.0 Å². The fraction of sp³-hybridized carbons (Fsp3) is 0.0800. The zero-order valence-corrected chi connectivity index (χ0v) is 19.1. The van der Waals surface area contributed by atoms with Gasteiger partial charge in [-0.25, -0.2) is 4.68 Å². The van der Waals surface area contributed by atoms with Crippen molar-refractivity contribution in [2.24, 2.45) is 0 Å². The molecule has 33 heavy (non-hydrogen) atoms. The van der Waals surface area contributed by atoms with Crippen LogP contribution in [-0.2, 0) is 0 Å². The van der Waals surface area contributed by atoms with Crippen LogP contribution in [0, 0.1) is 6.92 Å². The lowest BCUT2D eigenvalue weighted by atomic mass is 10.0. The van der Waals surface area contributed by atoms with Crippen molar-refractivity contribution in [3.8, 4) is 0 Å². The molecule has 0 unspecified atom stereocenters. The van der Waals surface area contributed by atoms with E-state index in [1.54, 1.807) is 10.7 Å². The minimum Gasteiger partial charge on any atom is -0.324 e. The second kappa shape index (κ2) is 8.73. The molecular weight excluding hydrogens is 457 g/mol. The van der Waals surface area contributed by atoms with E-state index in [-0.39, 0.29) is 17.9 Å². The van der Waals surface area contributed by atoms with Crippen LogP contribution in [0.5, 0.6) is 0 Å². The molecule has 1 aliphatic rings. The van der Waals surface area contributed by atoms with E-state index in [2.05, 4.69) is 20.7 Å². The third-order valence-electron chi connectivity index (χ3n) is 5.35. The molecule has 1 aliphatic heterocycles. The summed E-state index contributed by atoms with van der Waals surface area (Å²) in [6.45, 7) is 1.94. The van der Waals surface area contributed by atoms with Gasteiger partial charge in [-0.15, -0.1) is 5.10 Å². The van der Waals surface area contributed by atoms with E-state index in [1.165, 1.54) is 0 Å². The summed E-state index contributed by atoms with van der Waals surface area (Å²) < 4.78 is 1.71. The summed E-state index contributed by atoms with van der Waals surface area (Å²) in [5, 5.41) is 11.9. The molecule has 4 aromatic rings. The fourth-order valence-corrected chi connectivity index (χ4v) is 4.11. The highest BCUT2D eigenvalue weighted by Gasteiger charge is 2.27. The molecule has 0 bridgehead atoms. The van der Waals surface area contributed by atoms with Gasteiger partial charge in [0.15, 0.2) is 0 Å². The Labute approximate surface area is 200 Å². The van der Waals surface area contributed by atoms with Crippen molar-refractivity contribution in [3.63, 3.8) is 0 Å². The zero-order valence-electron chi connectivity index (χ0n) is 17.6. The number of carbonyl (C=O) groups is 1. The summed E-state index contributed by atoms with van der Waals surface area (Å²) in [5.41, 5.74) is 4.19. The molecule has 1 atom stereocenters. The molecule has 2 heterocycles. The molecule has 0 aliphatic carbocycles. The number of rotatable bonds is 4. The normalized spacial score (nSPS) is 14.8. The van der Waals surface area contributed by atoms with E-state index >= 15 is 0 Å². The zero-order chi connectivity index (χ0) is 22.9. The van der Waals surface area contributed by atoms with Crippen molar-refractivity contribution in [1.29, 1.82) is 0 Å². The molecule has 0 saturated heterocycles. The molecule has 2 N–H and O–H groups in total. The molecule has 0 spiro atoms. The number of amides is 1. The van der Waals surface area contributed by atoms with Gasteiger partial charge in [0.25, 0.3) is 11.9 Å². The Hall–Kier alpha value is -3.61. The molecule has 5 rings (SSSR count). The molecule has 0 fully saturated rings. The van der Waals surface area contributed by atoms with Crippen LogP contribution in [0.3, 0.4) is 0 Å². The maximum atomic E-state index is 12.7. The first-order valence-electron chi connectivity index (χ1n) is 10.3. The third kappa shape index (κ3) is 4.35. The second-order valence-electron chi connectivity index (χ2n) is 7.71. The van der Waals surface area contributed by atoms with Gasteiger partial charge in [-0.3, -0.25) is 10.1 Å². The van der Waals surface area contributed by atoms with E-state index in [1.807, 2.05) is 79.7 Å². The standard InChI is InChI=1S/C25H19Cl2N5O/c1-15-5-4-6-17(13-15)23(33)29-24-30-25-28-21(16-9-11-18(26)12-10-16)14-22(32(25)31-24)19-7-2-3-8-20(19)27/h2-14,22H,1H3,(H2,28,29,30,31,33)/t22-/m0/s1. The van der Waals surface area contributed by atoms with E-state index in [4.69, 9.17) is 23.2 Å². The summed E-state index contributed by atoms with van der Waals surface area (Å²) in [5.74, 6) is 0.417. The molecule has 3 aromatic carbocycles. The molecule has 1 aromatic heterocycles. The van der Waals surface area contributed by atoms with Gasteiger partial charge in [0.05, 0.1) is 0 Å². The highest BCUT2D eigenvalue weighted by molar-refractivity contribution is 6.31. The van der Waals surface area contributed by atoms with E-state index in [9.17, 15) is 4.79 Å². The summed E-state index contributed by atoms with van der Waals surface area (Å²) in [6, 6.07) is 22.1. The predicted molar refractivity (Wildman–Crippen MR) is 132 cm³/mol. The van der Waals surface area contributed by atoms with Gasteiger partial charge in [-0.05, 0) is 54.5 Å². The van der Waals surface area contributed by atoms with Crippen molar-refractivity contribution in [2.75, 3.05) is 10.6 Å². The van der Waals surface area contributed by atoms with Gasteiger partial charge in [-0.2, -0.15) is 4.98 Å². The quantitative estimate of drug-likeness (QED) is 0.368. The maximum absolute atomic E-state index is 12.7. The number of hydrogen-bond donors (Lipinski definition) is 2. The number of hydrogen-bond acceptors (Lipinski definition) is 4. The van der Waals surface area contributed by atoms with E-state index in [0.717, 1.165) is 22.4 Å². The smallest absolute Gasteiger partial charge is 0.258 e. The molecule has 164 valence electrons. The van der Waals surface area contributed by atoms with Crippen molar-refractivity contribution in [3.05, 3.63) is 111 Å². The monoisotopic (exact) mass is 475 g/mol. The number of aromatic nitrogens is 3. The lowest BCUT2D eigenvalue weighted by molar-refractivity contribution is 0.102. The highest BCUT2D eigenvalue weighted by atomic mass is 35.5. The summed E-state index contributed by atoms with van der Waals surface area (Å²) in [4.78, 5) is 17.3. The maximum Gasteiger partial charge on any atom is 0.258 e. The molecule has 1 amide bonds. The number of nitrogens with one attached hydrogen (secondary N) is 2. The highest BCUT2D eigenvalue weighted by Crippen LogP contribution is 2.36. The van der Waals surface area contributed by atoms with Crippen LogP contribution in [0.25, 0.3) is 5.70 Å². The molecule has 6 nitrogen and oxygen atoms in total. The van der Waals surface area contributed by atoms with Crippen LogP contribution in [0.1, 0.15) is 33.1 Å². The van der Waals surface area contributed by atoms with Gasteiger partial charge in [0, 0.05) is 21.3 Å². The number of benzene rings is 3. The average molecular weight is 476 g/mol. The number of aryl methyl sites for hydroxylation is 1. The van der Waals surface area contributed by atoms with Crippen LogP contribution >= 0.6 is 23.2 Å². The van der Waals surface area contributed by atoms with Gasteiger partial charge >= 0.3 is 0 Å². The lowest BCUT2D eigenvalue weighted by Crippen LogP contribution is -2.20. The van der Waals surface area contributed by atoms with Gasteiger partial charge in [0.1, 0.15) is 6.04 Å². The third-order valence-corrected chi connectivity index (χ3v) is 5.95. The summed E-state index contributed by atoms with van der Waals surface area (Å²) in [7, 11) is 0. The van der Waals surface area contributed by atoms with Crippen LogP contribution in [0.15, 0.2) is 78.9 Å².